The predicted octanol–water partition coefficient (Wildman–Crippen LogP) is -0.796. The first-order valence-electron chi connectivity index (χ1n) is 2.76. The Bertz CT molecular complexity index is 199. The summed E-state index contributed by atoms with van der Waals surface area (Å²) < 4.78 is 4.28. The van der Waals surface area contributed by atoms with Crippen molar-refractivity contribution in [3.05, 3.63) is 0 Å². The number of amides is 2. The van der Waals surface area contributed by atoms with Crippen LogP contribution in [0.5, 0.6) is 0 Å². The van der Waals surface area contributed by atoms with Gasteiger partial charge < -0.3 is 10.5 Å². The van der Waals surface area contributed by atoms with Crippen LogP contribution in [-0.2, 0) is 9.53 Å². The highest BCUT2D eigenvalue weighted by molar-refractivity contribution is 6.35. The topological polar surface area (TPSA) is 93.8 Å². The zero-order valence-electron chi connectivity index (χ0n) is 6.25. The van der Waals surface area contributed by atoms with E-state index in [0.29, 0.717) is 0 Å². The maximum atomic E-state index is 10.6. The molecule has 0 rings (SSSR count). The summed E-state index contributed by atoms with van der Waals surface area (Å²) in [6, 6.07) is -0.826. The number of hydrazone groups is 1. The van der Waals surface area contributed by atoms with E-state index in [4.69, 9.17) is 0 Å². The lowest BCUT2D eigenvalue weighted by atomic mass is 10.4. The summed E-state index contributed by atoms with van der Waals surface area (Å²) >= 11 is 0. The molecule has 11 heavy (non-hydrogen) atoms. The molecule has 0 aliphatic heterocycles. The quantitative estimate of drug-likeness (QED) is 0.314. The highest BCUT2D eigenvalue weighted by Crippen LogP contribution is 1.78. The maximum absolute atomic E-state index is 10.6. The molecule has 0 saturated heterocycles. The number of nitrogens with one attached hydrogen (secondary N) is 1. The zero-order valence-corrected chi connectivity index (χ0v) is 6.25. The van der Waals surface area contributed by atoms with Crippen molar-refractivity contribution in [2.45, 2.75) is 6.92 Å². The van der Waals surface area contributed by atoms with E-state index in [1.807, 2.05) is 5.43 Å². The fraction of sp³-hybridized carbons (Fsp3) is 0.400. The molecule has 0 fully saturated rings. The fourth-order valence-corrected chi connectivity index (χ4v) is 0.332. The molecule has 0 saturated carbocycles. The second-order valence-electron chi connectivity index (χ2n) is 1.66. The summed E-state index contributed by atoms with van der Waals surface area (Å²) in [4.78, 5) is 20.6. The van der Waals surface area contributed by atoms with Gasteiger partial charge in [0.15, 0.2) is 0 Å². The van der Waals surface area contributed by atoms with Gasteiger partial charge in [-0.1, -0.05) is 0 Å². The molecule has 0 unspecified atom stereocenters. The van der Waals surface area contributed by atoms with Gasteiger partial charge in [-0.3, -0.25) is 0 Å². The Labute approximate surface area is 63.4 Å². The third-order valence-electron chi connectivity index (χ3n) is 0.815. The van der Waals surface area contributed by atoms with E-state index in [1.165, 1.54) is 14.0 Å². The van der Waals surface area contributed by atoms with E-state index in [9.17, 15) is 9.59 Å². The SMILES string of the molecule is COC(=O)/C(C)=N\NC(N)=O. The first-order chi connectivity index (χ1) is 5.07. The van der Waals surface area contributed by atoms with E-state index < -0.39 is 12.0 Å². The van der Waals surface area contributed by atoms with Crippen LogP contribution >= 0.6 is 0 Å². The maximum Gasteiger partial charge on any atom is 0.353 e. The number of carbonyl (C=O) groups excluding carboxylic acids is 2. The van der Waals surface area contributed by atoms with Gasteiger partial charge in [-0.25, -0.2) is 15.0 Å². The van der Waals surface area contributed by atoms with Gasteiger partial charge in [0.05, 0.1) is 7.11 Å². The number of urea groups is 1. The Morgan fingerprint density at radius 3 is 2.45 bits per heavy atom. The number of ether oxygens (including phenoxy) is 1. The van der Waals surface area contributed by atoms with E-state index in [1.54, 1.807) is 0 Å². The van der Waals surface area contributed by atoms with Gasteiger partial charge >= 0.3 is 12.0 Å². The lowest BCUT2D eigenvalue weighted by molar-refractivity contribution is -0.132. The number of nitrogens with two attached hydrogens (primary N) is 1. The van der Waals surface area contributed by atoms with Crippen LogP contribution in [0.4, 0.5) is 4.79 Å². The number of methoxy groups -OCH3 is 1. The minimum atomic E-state index is -0.826. The van der Waals surface area contributed by atoms with Crippen LogP contribution < -0.4 is 11.2 Å². The van der Waals surface area contributed by atoms with Gasteiger partial charge in [-0.15, -0.1) is 0 Å². The van der Waals surface area contributed by atoms with E-state index in [2.05, 4.69) is 15.6 Å². The minimum Gasteiger partial charge on any atom is -0.464 e. The van der Waals surface area contributed by atoms with Crippen molar-refractivity contribution in [2.24, 2.45) is 10.8 Å². The number of carbonyl (C=O) groups is 2. The van der Waals surface area contributed by atoms with Crippen LogP contribution in [0.2, 0.25) is 0 Å². The lowest BCUT2D eigenvalue weighted by Crippen LogP contribution is -2.27. The molecular formula is C5H9N3O3. The highest BCUT2D eigenvalue weighted by Gasteiger charge is 2.03. The van der Waals surface area contributed by atoms with Crippen LogP contribution in [0.15, 0.2) is 5.10 Å². The second-order valence-corrected chi connectivity index (χ2v) is 1.66. The van der Waals surface area contributed by atoms with Crippen LogP contribution in [0, 0.1) is 0 Å². The molecule has 2 amide bonds. The Morgan fingerprint density at radius 2 is 2.09 bits per heavy atom. The Kier molecular flexibility index (Phi) is 3.65. The molecular weight excluding hydrogens is 150 g/mol. The number of rotatable bonds is 2. The molecule has 0 aromatic heterocycles. The third kappa shape index (κ3) is 3.90. The Hall–Kier alpha value is -1.59. The van der Waals surface area contributed by atoms with Crippen molar-refractivity contribution in [1.29, 1.82) is 0 Å². The first-order valence-corrected chi connectivity index (χ1v) is 2.76. The number of hydrogen-bond donors (Lipinski definition) is 2. The Balaban J connectivity index is 4.00. The summed E-state index contributed by atoms with van der Waals surface area (Å²) in [6.45, 7) is 1.39. The van der Waals surface area contributed by atoms with E-state index in [-0.39, 0.29) is 5.71 Å². The molecule has 3 N–H and O–H groups in total. The zero-order chi connectivity index (χ0) is 8.85. The van der Waals surface area contributed by atoms with Crippen molar-refractivity contribution in [2.75, 3.05) is 7.11 Å². The molecule has 0 radical (unpaired) electrons. The predicted molar refractivity (Wildman–Crippen MR) is 37.8 cm³/mol. The average Bonchev–Trinajstić information content (AvgIpc) is 1.98. The summed E-state index contributed by atoms with van der Waals surface area (Å²) in [7, 11) is 1.21. The standard InChI is InChI=1S/C5H9N3O3/c1-3(4(9)11-2)7-8-5(6)10/h1-2H3,(H3,6,8,10)/b7-3-. The first kappa shape index (κ1) is 9.41. The van der Waals surface area contributed by atoms with Crippen LogP contribution in [0.1, 0.15) is 6.92 Å². The average molecular weight is 159 g/mol. The molecule has 6 heteroatoms. The molecule has 0 aromatic rings. The number of nitrogens with zero attached hydrogens (tertiary/aromatic N) is 1. The van der Waals surface area contributed by atoms with Gasteiger partial charge in [0.2, 0.25) is 0 Å². The lowest BCUT2D eigenvalue weighted by Gasteiger charge is -1.96. The van der Waals surface area contributed by atoms with Gasteiger partial charge in [-0.05, 0) is 6.92 Å². The van der Waals surface area contributed by atoms with Gasteiger partial charge in [0.25, 0.3) is 0 Å². The van der Waals surface area contributed by atoms with Crippen molar-refractivity contribution >= 4 is 17.7 Å². The van der Waals surface area contributed by atoms with Crippen molar-refractivity contribution in [3.8, 4) is 0 Å². The number of hydrogen-bond acceptors (Lipinski definition) is 4. The fourth-order valence-electron chi connectivity index (χ4n) is 0.332. The third-order valence-corrected chi connectivity index (χ3v) is 0.815. The normalized spacial score (nSPS) is 10.5. The van der Waals surface area contributed by atoms with Gasteiger partial charge in [0, 0.05) is 0 Å². The molecule has 6 nitrogen and oxygen atoms in total. The molecule has 0 bridgehead atoms. The molecule has 62 valence electrons. The Morgan fingerprint density at radius 1 is 1.55 bits per heavy atom. The minimum absolute atomic E-state index is 0.0336. The molecule has 0 aliphatic carbocycles. The van der Waals surface area contributed by atoms with Crippen molar-refractivity contribution in [3.63, 3.8) is 0 Å². The summed E-state index contributed by atoms with van der Waals surface area (Å²) in [6.07, 6.45) is 0. The van der Waals surface area contributed by atoms with Crippen LogP contribution in [-0.4, -0.2) is 24.8 Å². The van der Waals surface area contributed by atoms with Crippen LogP contribution in [0.25, 0.3) is 0 Å². The molecule has 0 atom stereocenters. The number of primary amides is 1. The number of esters is 1. The van der Waals surface area contributed by atoms with E-state index >= 15 is 0 Å². The summed E-state index contributed by atoms with van der Waals surface area (Å²) in [5.41, 5.74) is 6.59. The second kappa shape index (κ2) is 4.26. The van der Waals surface area contributed by atoms with Crippen molar-refractivity contribution in [1.82, 2.24) is 5.43 Å². The van der Waals surface area contributed by atoms with Crippen molar-refractivity contribution < 1.29 is 14.3 Å². The molecule has 0 aliphatic rings. The highest BCUT2D eigenvalue weighted by atomic mass is 16.5. The monoisotopic (exact) mass is 159 g/mol. The molecule has 0 aromatic carbocycles. The van der Waals surface area contributed by atoms with Gasteiger partial charge in [0.1, 0.15) is 5.71 Å². The van der Waals surface area contributed by atoms with Gasteiger partial charge in [-0.2, -0.15) is 5.10 Å². The smallest absolute Gasteiger partial charge is 0.353 e. The largest absolute Gasteiger partial charge is 0.464 e. The molecule has 0 heterocycles. The van der Waals surface area contributed by atoms with E-state index in [0.717, 1.165) is 0 Å². The molecule has 0 spiro atoms. The van der Waals surface area contributed by atoms with Crippen LogP contribution in [0.3, 0.4) is 0 Å². The summed E-state index contributed by atoms with van der Waals surface area (Å²) in [5.74, 6) is -0.612. The summed E-state index contributed by atoms with van der Waals surface area (Å²) in [5, 5.41) is 3.31.